The SMILES string of the molecule is C=CCO[C@@]12Oc3ccc(Oc4ccc(-c5ccccc5)cc4)cc3[C@H]3[C@H](CCCCO)[C@@H](CCCCO)C=C(C(=NOC)C[C@@H]1N(Cc1ccc(F)cc1)C(=O)Oc1ccc([N+](=O)[O-])cc1)[C@H]32. The van der Waals surface area contributed by atoms with Crippen LogP contribution in [-0.4, -0.2) is 70.6 Å². The minimum Gasteiger partial charge on any atom is -0.459 e. The van der Waals surface area contributed by atoms with Crippen LogP contribution in [0.2, 0.25) is 0 Å². The highest BCUT2D eigenvalue weighted by Gasteiger charge is 2.65. The molecule has 14 heteroatoms. The molecular formula is C54H56FN3O10. The highest BCUT2D eigenvalue weighted by molar-refractivity contribution is 6.03. The molecule has 0 unspecified atom stereocenters. The largest absolute Gasteiger partial charge is 0.459 e. The topological polar surface area (TPSA) is 162 Å². The normalized spacial score (nSPS) is 21.9. The molecule has 0 aromatic heterocycles. The Morgan fingerprint density at radius 2 is 1.57 bits per heavy atom. The lowest BCUT2D eigenvalue weighted by Gasteiger charge is -2.59. The molecule has 0 spiro atoms. The maximum atomic E-state index is 14.9. The first-order valence-electron chi connectivity index (χ1n) is 23.1. The second-order valence-corrected chi connectivity index (χ2v) is 17.3. The van der Waals surface area contributed by atoms with Gasteiger partial charge in [0.15, 0.2) is 0 Å². The molecule has 1 heterocycles. The van der Waals surface area contributed by atoms with Crippen molar-refractivity contribution in [3.63, 3.8) is 0 Å². The lowest BCUT2D eigenvalue weighted by Crippen LogP contribution is -2.70. The minimum absolute atomic E-state index is 0.00400. The fourth-order valence-electron chi connectivity index (χ4n) is 10.2. The number of allylic oxidation sites excluding steroid dienone is 1. The zero-order valence-corrected chi connectivity index (χ0v) is 38.0. The van der Waals surface area contributed by atoms with E-state index in [1.54, 1.807) is 18.2 Å². The first kappa shape index (κ1) is 47.6. The van der Waals surface area contributed by atoms with Crippen LogP contribution in [0.5, 0.6) is 23.0 Å². The Morgan fingerprint density at radius 3 is 2.25 bits per heavy atom. The number of aliphatic hydroxyl groups excluding tert-OH is 2. The van der Waals surface area contributed by atoms with Gasteiger partial charge in [-0.1, -0.05) is 84.7 Å². The number of carbonyl (C=O) groups excluding carboxylic acids is 1. The minimum atomic E-state index is -1.63. The van der Waals surface area contributed by atoms with Gasteiger partial charge in [0.05, 0.1) is 23.2 Å². The summed E-state index contributed by atoms with van der Waals surface area (Å²) in [6.07, 6.45) is 7.32. The molecule has 1 saturated carbocycles. The summed E-state index contributed by atoms with van der Waals surface area (Å²) >= 11 is 0. The Morgan fingerprint density at radius 1 is 0.897 bits per heavy atom. The predicted octanol–water partition coefficient (Wildman–Crippen LogP) is 11.2. The second kappa shape index (κ2) is 21.8. The summed E-state index contributed by atoms with van der Waals surface area (Å²) < 4.78 is 41.4. The van der Waals surface area contributed by atoms with Crippen molar-refractivity contribution in [2.45, 2.75) is 69.2 Å². The van der Waals surface area contributed by atoms with Crippen molar-refractivity contribution in [3.8, 4) is 34.1 Å². The molecule has 1 amide bonds. The second-order valence-electron chi connectivity index (χ2n) is 17.3. The van der Waals surface area contributed by atoms with Gasteiger partial charge >= 0.3 is 6.09 Å². The van der Waals surface area contributed by atoms with Gasteiger partial charge in [-0.05, 0) is 114 Å². The molecule has 1 aliphatic heterocycles. The highest BCUT2D eigenvalue weighted by atomic mass is 19.1. The van der Waals surface area contributed by atoms with Crippen LogP contribution in [0.15, 0.2) is 151 Å². The van der Waals surface area contributed by atoms with Gasteiger partial charge in [0.1, 0.15) is 42.0 Å². The number of rotatable bonds is 20. The van der Waals surface area contributed by atoms with Gasteiger partial charge in [-0.25, -0.2) is 9.18 Å². The van der Waals surface area contributed by atoms with Gasteiger partial charge in [-0.2, -0.15) is 0 Å². The number of nitro benzene ring substituents is 1. The number of non-ortho nitro benzene ring substituents is 1. The number of nitro groups is 1. The van der Waals surface area contributed by atoms with Crippen molar-refractivity contribution in [3.05, 3.63) is 173 Å². The smallest absolute Gasteiger partial charge is 0.416 e. The number of amides is 1. The van der Waals surface area contributed by atoms with E-state index >= 15 is 0 Å². The van der Waals surface area contributed by atoms with Gasteiger partial charge in [-0.15, -0.1) is 6.58 Å². The molecule has 2 aliphatic carbocycles. The van der Waals surface area contributed by atoms with Crippen LogP contribution in [0.25, 0.3) is 11.1 Å². The molecule has 0 radical (unpaired) electrons. The Bertz CT molecular complexity index is 2590. The number of aliphatic hydroxyl groups is 2. The summed E-state index contributed by atoms with van der Waals surface area (Å²) in [5, 5.41) is 36.1. The Kier molecular flexibility index (Phi) is 15.3. The first-order chi connectivity index (χ1) is 33.2. The first-order valence-corrected chi connectivity index (χ1v) is 23.1. The average Bonchev–Trinajstić information content (AvgIpc) is 3.35. The zero-order chi connectivity index (χ0) is 47.6. The summed E-state index contributed by atoms with van der Waals surface area (Å²) in [6, 6.07) is 33.8. The third-order valence-electron chi connectivity index (χ3n) is 13.2. The van der Waals surface area contributed by atoms with E-state index in [-0.39, 0.29) is 62.0 Å². The van der Waals surface area contributed by atoms with Crippen LogP contribution in [0.1, 0.15) is 62.0 Å². The lowest BCUT2D eigenvalue weighted by atomic mass is 9.55. The third kappa shape index (κ3) is 10.3. The molecule has 0 saturated heterocycles. The Balaban J connectivity index is 1.29. The van der Waals surface area contributed by atoms with E-state index < -0.39 is 34.6 Å². The van der Waals surface area contributed by atoms with E-state index in [4.69, 9.17) is 23.8 Å². The molecule has 3 aliphatic rings. The van der Waals surface area contributed by atoms with Crippen LogP contribution >= 0.6 is 0 Å². The number of ether oxygens (including phenoxy) is 4. The Hall–Kier alpha value is -6.87. The summed E-state index contributed by atoms with van der Waals surface area (Å²) in [5.74, 6) is -1.28. The predicted molar refractivity (Wildman–Crippen MR) is 255 cm³/mol. The van der Waals surface area contributed by atoms with Gasteiger partial charge in [0.25, 0.3) is 5.69 Å². The van der Waals surface area contributed by atoms with Crippen molar-refractivity contribution < 1.29 is 48.1 Å². The number of carbonyl (C=O) groups is 1. The van der Waals surface area contributed by atoms with Crippen LogP contribution in [-0.2, 0) is 16.1 Å². The lowest BCUT2D eigenvalue weighted by molar-refractivity contribution is -0.384. The number of oxime groups is 1. The van der Waals surface area contributed by atoms with Gasteiger partial charge in [0, 0.05) is 49.8 Å². The highest BCUT2D eigenvalue weighted by Crippen LogP contribution is 2.62. The van der Waals surface area contributed by atoms with Crippen LogP contribution in [0.3, 0.4) is 0 Å². The molecule has 5 aromatic rings. The van der Waals surface area contributed by atoms with Crippen molar-refractivity contribution in [1.82, 2.24) is 4.90 Å². The van der Waals surface area contributed by atoms with Crippen molar-refractivity contribution >= 4 is 17.5 Å². The molecule has 6 atom stereocenters. The molecule has 13 nitrogen and oxygen atoms in total. The van der Waals surface area contributed by atoms with E-state index in [0.29, 0.717) is 41.4 Å². The molecule has 1 fully saturated rings. The van der Waals surface area contributed by atoms with Crippen molar-refractivity contribution in [2.24, 2.45) is 22.9 Å². The van der Waals surface area contributed by atoms with Gasteiger partial charge in [-0.3, -0.25) is 15.0 Å². The van der Waals surface area contributed by atoms with Crippen LogP contribution in [0.4, 0.5) is 14.9 Å². The van der Waals surface area contributed by atoms with E-state index in [0.717, 1.165) is 47.9 Å². The number of nitrogens with zero attached hydrogens (tertiary/aromatic N) is 3. The molecular weight excluding hydrogens is 870 g/mol. The fraction of sp³-hybridized carbons (Fsp3) is 0.333. The number of halogens is 1. The van der Waals surface area contributed by atoms with Crippen LogP contribution in [0, 0.1) is 33.7 Å². The maximum absolute atomic E-state index is 14.9. The number of benzene rings is 5. The summed E-state index contributed by atoms with van der Waals surface area (Å²) in [5.41, 5.74) is 4.82. The fourth-order valence-corrected chi connectivity index (χ4v) is 10.2. The molecule has 68 heavy (non-hydrogen) atoms. The molecule has 354 valence electrons. The van der Waals surface area contributed by atoms with Crippen molar-refractivity contribution in [1.29, 1.82) is 0 Å². The monoisotopic (exact) mass is 925 g/mol. The maximum Gasteiger partial charge on any atom is 0.416 e. The molecule has 0 bridgehead atoms. The number of unbranched alkanes of at least 4 members (excludes halogenated alkanes) is 2. The zero-order valence-electron chi connectivity index (χ0n) is 38.0. The molecule has 8 rings (SSSR count). The quantitative estimate of drug-likeness (QED) is 0.0332. The number of fused-ring (bicyclic) bond motifs is 2. The van der Waals surface area contributed by atoms with E-state index in [2.05, 4.69) is 29.9 Å². The summed E-state index contributed by atoms with van der Waals surface area (Å²) in [4.78, 5) is 33.0. The third-order valence-corrected chi connectivity index (χ3v) is 13.2. The number of hydrogen-bond donors (Lipinski definition) is 2. The van der Waals surface area contributed by atoms with Gasteiger partial charge < -0.3 is 34.0 Å². The summed E-state index contributed by atoms with van der Waals surface area (Å²) in [6.45, 7) is 4.04. The van der Waals surface area contributed by atoms with E-state index in [9.17, 15) is 29.5 Å². The van der Waals surface area contributed by atoms with Gasteiger partial charge in [0.2, 0.25) is 5.79 Å². The van der Waals surface area contributed by atoms with Crippen LogP contribution < -0.4 is 14.2 Å². The molecule has 5 aromatic carbocycles. The van der Waals surface area contributed by atoms with Crippen molar-refractivity contribution in [2.75, 3.05) is 26.9 Å². The standard InChI is InChI=1S/C54H56FN3O10/c1-3-31-65-54-50(57(35-36-15-19-40(55)20-16-36)53(61)67-43-25-21-41(22-26-43)58(62)63)34-48(56-64-2)46-32-39(13-7-9-29-59)45(14-8-10-30-60)51(52(46)54)47-33-44(27-28-49(47)68-54)66-42-23-17-38(18-24-42)37-11-5-4-6-12-37/h3-6,11-12,15-28,32-33,39,45,50-52,59-60H,1,7-10,13-14,29-31,34-35H2,2H3/t39-,45+,50-,51+,52+,54+/m0/s1. The Labute approximate surface area is 395 Å². The van der Waals surface area contributed by atoms with E-state index in [1.807, 2.05) is 60.7 Å². The average molecular weight is 926 g/mol. The number of hydrogen-bond acceptors (Lipinski definition) is 11. The van der Waals surface area contributed by atoms with E-state index in [1.165, 1.54) is 48.4 Å². The summed E-state index contributed by atoms with van der Waals surface area (Å²) in [7, 11) is 1.47. The molecule has 2 N–H and O–H groups in total.